The lowest BCUT2D eigenvalue weighted by atomic mass is 9.80. The first kappa shape index (κ1) is 15.2. The lowest BCUT2D eigenvalue weighted by Crippen LogP contribution is -2.46. The summed E-state index contributed by atoms with van der Waals surface area (Å²) in [5, 5.41) is 18.5. The highest BCUT2D eigenvalue weighted by atomic mass is 32.2. The Balaban J connectivity index is 1.65. The van der Waals surface area contributed by atoms with Crippen LogP contribution in [0.5, 0.6) is 5.75 Å². The predicted molar refractivity (Wildman–Crippen MR) is 85.2 cm³/mol. The SMILES string of the molecule is OB(O)c1cccc(OC2CCOC3(CCSCC3)C2)c1. The smallest absolute Gasteiger partial charge is 0.488 e. The first-order valence-corrected chi connectivity index (χ1v) is 8.67. The minimum absolute atomic E-state index is 0.00225. The van der Waals surface area contributed by atoms with Gasteiger partial charge in [0, 0.05) is 12.8 Å². The van der Waals surface area contributed by atoms with Crippen molar-refractivity contribution >= 4 is 24.3 Å². The molecule has 1 unspecified atom stereocenters. The molecule has 1 aromatic carbocycles. The highest BCUT2D eigenvalue weighted by Gasteiger charge is 2.39. The third-order valence-corrected chi connectivity index (χ3v) is 5.30. The van der Waals surface area contributed by atoms with Crippen molar-refractivity contribution in [1.29, 1.82) is 0 Å². The van der Waals surface area contributed by atoms with Gasteiger partial charge in [0.2, 0.25) is 0 Å². The number of hydrogen-bond acceptors (Lipinski definition) is 5. The average molecular weight is 308 g/mol. The molecule has 2 N–H and O–H groups in total. The standard InChI is InChI=1S/C15H21BO4S/c17-16(18)12-2-1-3-13(10-12)20-14-4-7-19-15(11-14)5-8-21-9-6-15/h1-3,10,14,17-18H,4-9,11H2. The minimum atomic E-state index is -1.45. The summed E-state index contributed by atoms with van der Waals surface area (Å²) < 4.78 is 12.1. The first-order chi connectivity index (χ1) is 10.2. The molecule has 0 radical (unpaired) electrons. The van der Waals surface area contributed by atoms with Gasteiger partial charge in [0.1, 0.15) is 11.9 Å². The number of rotatable bonds is 3. The van der Waals surface area contributed by atoms with E-state index in [1.807, 2.05) is 17.8 Å². The van der Waals surface area contributed by atoms with Crippen LogP contribution < -0.4 is 10.2 Å². The Kier molecular flexibility index (Phi) is 4.79. The maximum absolute atomic E-state index is 9.23. The topological polar surface area (TPSA) is 58.9 Å². The Bertz CT molecular complexity index is 471. The molecule has 4 nitrogen and oxygen atoms in total. The van der Waals surface area contributed by atoms with Gasteiger partial charge in [0.25, 0.3) is 0 Å². The number of thioether (sulfide) groups is 1. The van der Waals surface area contributed by atoms with Crippen LogP contribution in [0.4, 0.5) is 0 Å². The zero-order chi connectivity index (χ0) is 14.7. The number of ether oxygens (including phenoxy) is 2. The minimum Gasteiger partial charge on any atom is -0.490 e. The van der Waals surface area contributed by atoms with Crippen LogP contribution in [-0.2, 0) is 4.74 Å². The third-order valence-electron chi connectivity index (χ3n) is 4.31. The molecule has 1 atom stereocenters. The zero-order valence-electron chi connectivity index (χ0n) is 12.0. The summed E-state index contributed by atoms with van der Waals surface area (Å²) >= 11 is 2.00. The van der Waals surface area contributed by atoms with Gasteiger partial charge in [0.05, 0.1) is 12.2 Å². The third kappa shape index (κ3) is 3.75. The summed E-state index contributed by atoms with van der Waals surface area (Å²) in [6, 6.07) is 7.03. The fraction of sp³-hybridized carbons (Fsp3) is 0.600. The molecule has 0 amide bonds. The van der Waals surface area contributed by atoms with Crippen molar-refractivity contribution in [3.63, 3.8) is 0 Å². The molecule has 2 heterocycles. The number of hydrogen-bond donors (Lipinski definition) is 2. The van der Waals surface area contributed by atoms with Crippen LogP contribution in [0.25, 0.3) is 0 Å². The molecule has 1 aromatic rings. The molecule has 6 heteroatoms. The first-order valence-electron chi connectivity index (χ1n) is 7.51. The molecule has 2 saturated heterocycles. The van der Waals surface area contributed by atoms with Gasteiger partial charge in [-0.25, -0.2) is 0 Å². The van der Waals surface area contributed by atoms with Crippen LogP contribution in [0, 0.1) is 0 Å². The van der Waals surface area contributed by atoms with Crippen molar-refractivity contribution in [2.45, 2.75) is 37.4 Å². The lowest BCUT2D eigenvalue weighted by molar-refractivity contribution is -0.116. The van der Waals surface area contributed by atoms with Crippen LogP contribution in [0.1, 0.15) is 25.7 Å². The van der Waals surface area contributed by atoms with Crippen LogP contribution in [0.3, 0.4) is 0 Å². The van der Waals surface area contributed by atoms with Gasteiger partial charge >= 0.3 is 7.12 Å². The maximum Gasteiger partial charge on any atom is 0.488 e. The molecule has 3 rings (SSSR count). The monoisotopic (exact) mass is 308 g/mol. The van der Waals surface area contributed by atoms with Gasteiger partial charge < -0.3 is 19.5 Å². The molecular weight excluding hydrogens is 287 g/mol. The summed E-state index contributed by atoms with van der Waals surface area (Å²) in [6.07, 6.45) is 4.17. The number of benzene rings is 1. The summed E-state index contributed by atoms with van der Waals surface area (Å²) in [5.74, 6) is 3.03. The van der Waals surface area contributed by atoms with Gasteiger partial charge in [-0.1, -0.05) is 12.1 Å². The van der Waals surface area contributed by atoms with E-state index in [0.29, 0.717) is 11.2 Å². The predicted octanol–water partition coefficient (Wildman–Crippen LogP) is 1.19. The van der Waals surface area contributed by atoms with Gasteiger partial charge in [-0.2, -0.15) is 11.8 Å². The van der Waals surface area contributed by atoms with Gasteiger partial charge in [-0.15, -0.1) is 0 Å². The van der Waals surface area contributed by atoms with E-state index in [-0.39, 0.29) is 11.7 Å². The molecule has 2 fully saturated rings. The Hall–Kier alpha value is -0.685. The maximum atomic E-state index is 9.23. The van der Waals surface area contributed by atoms with Crippen molar-refractivity contribution in [2.24, 2.45) is 0 Å². The summed E-state index contributed by atoms with van der Waals surface area (Å²) in [4.78, 5) is 0. The zero-order valence-corrected chi connectivity index (χ0v) is 12.8. The van der Waals surface area contributed by atoms with E-state index >= 15 is 0 Å². The highest BCUT2D eigenvalue weighted by Crippen LogP contribution is 2.38. The van der Waals surface area contributed by atoms with Crippen molar-refractivity contribution in [3.05, 3.63) is 24.3 Å². The van der Waals surface area contributed by atoms with E-state index in [0.717, 1.165) is 32.3 Å². The molecule has 114 valence electrons. The lowest BCUT2D eigenvalue weighted by Gasteiger charge is -2.43. The van der Waals surface area contributed by atoms with Gasteiger partial charge in [-0.05, 0) is 41.9 Å². The Morgan fingerprint density at radius 2 is 2.10 bits per heavy atom. The summed E-state index contributed by atoms with van der Waals surface area (Å²) in [5.41, 5.74) is 0.464. The second-order valence-corrected chi connectivity index (χ2v) is 7.05. The Morgan fingerprint density at radius 3 is 2.86 bits per heavy atom. The highest BCUT2D eigenvalue weighted by molar-refractivity contribution is 7.99. The van der Waals surface area contributed by atoms with Gasteiger partial charge in [-0.3, -0.25) is 0 Å². The summed E-state index contributed by atoms with van der Waals surface area (Å²) in [7, 11) is -1.45. The molecule has 21 heavy (non-hydrogen) atoms. The van der Waals surface area contributed by atoms with E-state index in [9.17, 15) is 10.0 Å². The normalized spacial score (nSPS) is 24.8. The van der Waals surface area contributed by atoms with Crippen LogP contribution in [-0.4, -0.2) is 47.0 Å². The molecular formula is C15H21BO4S. The fourth-order valence-electron chi connectivity index (χ4n) is 3.12. The van der Waals surface area contributed by atoms with E-state index in [1.54, 1.807) is 18.2 Å². The van der Waals surface area contributed by atoms with E-state index in [1.165, 1.54) is 11.5 Å². The molecule has 2 aliphatic heterocycles. The van der Waals surface area contributed by atoms with Crippen molar-refractivity contribution in [3.8, 4) is 5.75 Å². The molecule has 0 bridgehead atoms. The quantitative estimate of drug-likeness (QED) is 0.822. The van der Waals surface area contributed by atoms with E-state index in [2.05, 4.69) is 0 Å². The summed E-state index contributed by atoms with van der Waals surface area (Å²) in [6.45, 7) is 0.748. The Labute approximate surface area is 130 Å². The second kappa shape index (κ2) is 6.61. The Morgan fingerprint density at radius 1 is 1.29 bits per heavy atom. The van der Waals surface area contributed by atoms with Gasteiger partial charge in [0.15, 0.2) is 0 Å². The largest absolute Gasteiger partial charge is 0.490 e. The van der Waals surface area contributed by atoms with Crippen molar-refractivity contribution in [1.82, 2.24) is 0 Å². The van der Waals surface area contributed by atoms with Crippen molar-refractivity contribution < 1.29 is 19.5 Å². The molecule has 1 spiro atoms. The molecule has 0 aliphatic carbocycles. The molecule has 2 aliphatic rings. The van der Waals surface area contributed by atoms with Crippen LogP contribution in [0.2, 0.25) is 0 Å². The molecule has 0 saturated carbocycles. The second-order valence-electron chi connectivity index (χ2n) is 5.82. The molecule has 0 aromatic heterocycles. The van der Waals surface area contributed by atoms with Crippen LogP contribution in [0.15, 0.2) is 24.3 Å². The average Bonchev–Trinajstić information content (AvgIpc) is 2.48. The van der Waals surface area contributed by atoms with Crippen LogP contribution >= 0.6 is 11.8 Å². The van der Waals surface area contributed by atoms with E-state index < -0.39 is 7.12 Å². The van der Waals surface area contributed by atoms with E-state index in [4.69, 9.17) is 9.47 Å². The fourth-order valence-corrected chi connectivity index (χ4v) is 4.35. The van der Waals surface area contributed by atoms with Crippen molar-refractivity contribution in [2.75, 3.05) is 18.1 Å².